The Morgan fingerprint density at radius 2 is 2.17 bits per heavy atom. The normalized spacial score (nSPS) is 10.3. The first-order chi connectivity index (χ1) is 8.56. The Hall–Kier alpha value is -1.75. The Morgan fingerprint density at radius 1 is 1.44 bits per heavy atom. The summed E-state index contributed by atoms with van der Waals surface area (Å²) >= 11 is 0. The number of rotatable bonds is 6. The van der Waals surface area contributed by atoms with Crippen molar-refractivity contribution in [3.05, 3.63) is 23.8 Å². The minimum atomic E-state index is -0.157. The zero-order chi connectivity index (χ0) is 13.5. The average Bonchev–Trinajstić information content (AvgIpc) is 2.35. The van der Waals surface area contributed by atoms with Gasteiger partial charge in [-0.05, 0) is 19.9 Å². The van der Waals surface area contributed by atoms with Crippen molar-refractivity contribution in [3.63, 3.8) is 0 Å². The molecule has 0 saturated carbocycles. The van der Waals surface area contributed by atoms with Gasteiger partial charge in [-0.25, -0.2) is 0 Å². The lowest BCUT2D eigenvalue weighted by Crippen LogP contribution is -2.34. The number of amides is 1. The van der Waals surface area contributed by atoms with E-state index in [9.17, 15) is 4.79 Å². The largest absolute Gasteiger partial charge is 0.497 e. The summed E-state index contributed by atoms with van der Waals surface area (Å²) in [6.45, 7) is 4.12. The van der Waals surface area contributed by atoms with Gasteiger partial charge in [-0.3, -0.25) is 4.79 Å². The maximum atomic E-state index is 11.5. The van der Waals surface area contributed by atoms with Crippen LogP contribution in [0.2, 0.25) is 0 Å². The molecule has 0 aromatic heterocycles. The fourth-order valence-electron chi connectivity index (χ4n) is 1.47. The predicted octanol–water partition coefficient (Wildman–Crippen LogP) is 1.06. The van der Waals surface area contributed by atoms with Crippen molar-refractivity contribution in [2.45, 2.75) is 26.4 Å². The molecule has 0 bridgehead atoms. The van der Waals surface area contributed by atoms with Crippen LogP contribution in [0.1, 0.15) is 19.4 Å². The van der Waals surface area contributed by atoms with Crippen LogP contribution in [-0.4, -0.2) is 25.7 Å². The van der Waals surface area contributed by atoms with Crippen LogP contribution in [0.15, 0.2) is 18.2 Å². The van der Waals surface area contributed by atoms with Gasteiger partial charge in [-0.15, -0.1) is 0 Å². The van der Waals surface area contributed by atoms with E-state index in [2.05, 4.69) is 5.32 Å². The molecule has 0 radical (unpaired) electrons. The van der Waals surface area contributed by atoms with Crippen molar-refractivity contribution in [1.29, 1.82) is 0 Å². The van der Waals surface area contributed by atoms with Crippen molar-refractivity contribution in [2.24, 2.45) is 5.73 Å². The van der Waals surface area contributed by atoms with Crippen molar-refractivity contribution in [2.75, 3.05) is 13.7 Å². The molecule has 0 aliphatic carbocycles. The van der Waals surface area contributed by atoms with Gasteiger partial charge in [0.25, 0.3) is 5.91 Å². The van der Waals surface area contributed by atoms with Crippen LogP contribution >= 0.6 is 0 Å². The van der Waals surface area contributed by atoms with Crippen LogP contribution < -0.4 is 20.5 Å². The highest BCUT2D eigenvalue weighted by atomic mass is 16.5. The molecule has 5 nitrogen and oxygen atoms in total. The summed E-state index contributed by atoms with van der Waals surface area (Å²) in [4.78, 5) is 11.5. The Morgan fingerprint density at radius 3 is 2.72 bits per heavy atom. The molecule has 0 saturated heterocycles. The van der Waals surface area contributed by atoms with Crippen LogP contribution in [-0.2, 0) is 11.3 Å². The Balaban J connectivity index is 2.67. The van der Waals surface area contributed by atoms with Crippen LogP contribution in [0.25, 0.3) is 0 Å². The zero-order valence-corrected chi connectivity index (χ0v) is 11.0. The summed E-state index contributed by atoms with van der Waals surface area (Å²) in [5.74, 6) is 1.10. The number of hydrogen-bond donors (Lipinski definition) is 2. The lowest BCUT2D eigenvalue weighted by molar-refractivity contribution is -0.123. The molecule has 1 amide bonds. The Kier molecular flexibility index (Phi) is 5.45. The Bertz CT molecular complexity index is 405. The first-order valence-corrected chi connectivity index (χ1v) is 5.86. The van der Waals surface area contributed by atoms with Gasteiger partial charge in [-0.1, -0.05) is 6.07 Å². The van der Waals surface area contributed by atoms with E-state index in [1.54, 1.807) is 13.2 Å². The molecular weight excluding hydrogens is 232 g/mol. The molecular formula is C13H20N2O3. The standard InChI is InChI=1S/C13H20N2O3/c1-9(2)15-13(16)8-18-12-6-11(17-3)5-4-10(12)7-14/h4-6,9H,7-8,14H2,1-3H3,(H,15,16). The molecule has 0 unspecified atom stereocenters. The average molecular weight is 252 g/mol. The number of carbonyl (C=O) groups is 1. The molecule has 1 aromatic carbocycles. The number of hydrogen-bond acceptors (Lipinski definition) is 4. The monoisotopic (exact) mass is 252 g/mol. The van der Waals surface area contributed by atoms with Gasteiger partial charge in [0.1, 0.15) is 11.5 Å². The maximum Gasteiger partial charge on any atom is 0.258 e. The van der Waals surface area contributed by atoms with E-state index in [1.165, 1.54) is 0 Å². The summed E-state index contributed by atoms with van der Waals surface area (Å²) in [5, 5.41) is 2.75. The van der Waals surface area contributed by atoms with Crippen LogP contribution in [0.5, 0.6) is 11.5 Å². The fraction of sp³-hybridized carbons (Fsp3) is 0.462. The third-order valence-corrected chi connectivity index (χ3v) is 2.30. The third-order valence-electron chi connectivity index (χ3n) is 2.30. The smallest absolute Gasteiger partial charge is 0.258 e. The van der Waals surface area contributed by atoms with Crippen LogP contribution in [0, 0.1) is 0 Å². The molecule has 0 spiro atoms. The molecule has 0 atom stereocenters. The number of nitrogens with one attached hydrogen (secondary N) is 1. The number of benzene rings is 1. The maximum absolute atomic E-state index is 11.5. The highest BCUT2D eigenvalue weighted by Gasteiger charge is 2.08. The zero-order valence-electron chi connectivity index (χ0n) is 11.0. The van der Waals surface area contributed by atoms with Crippen LogP contribution in [0.4, 0.5) is 0 Å². The topological polar surface area (TPSA) is 73.6 Å². The SMILES string of the molecule is COc1ccc(CN)c(OCC(=O)NC(C)C)c1. The summed E-state index contributed by atoms with van der Waals surface area (Å²) in [6.07, 6.45) is 0. The van der Waals surface area contributed by atoms with E-state index >= 15 is 0 Å². The number of nitrogens with two attached hydrogens (primary N) is 1. The summed E-state index contributed by atoms with van der Waals surface area (Å²) in [7, 11) is 1.58. The van der Waals surface area contributed by atoms with Crippen molar-refractivity contribution < 1.29 is 14.3 Å². The van der Waals surface area contributed by atoms with Crippen molar-refractivity contribution in [1.82, 2.24) is 5.32 Å². The van der Waals surface area contributed by atoms with E-state index < -0.39 is 0 Å². The van der Waals surface area contributed by atoms with Gasteiger partial charge in [0.05, 0.1) is 7.11 Å². The summed E-state index contributed by atoms with van der Waals surface area (Å²) < 4.78 is 10.6. The molecule has 100 valence electrons. The predicted molar refractivity (Wildman–Crippen MR) is 69.7 cm³/mol. The van der Waals surface area contributed by atoms with E-state index in [4.69, 9.17) is 15.2 Å². The fourth-order valence-corrected chi connectivity index (χ4v) is 1.47. The molecule has 1 rings (SSSR count). The molecule has 1 aromatic rings. The van der Waals surface area contributed by atoms with Gasteiger partial charge in [-0.2, -0.15) is 0 Å². The molecule has 18 heavy (non-hydrogen) atoms. The summed E-state index contributed by atoms with van der Waals surface area (Å²) in [5.41, 5.74) is 6.45. The second-order valence-electron chi connectivity index (χ2n) is 4.19. The highest BCUT2D eigenvalue weighted by molar-refractivity contribution is 5.77. The van der Waals surface area contributed by atoms with Gasteiger partial charge in [0, 0.05) is 24.2 Å². The van der Waals surface area contributed by atoms with Gasteiger partial charge in [0.2, 0.25) is 0 Å². The van der Waals surface area contributed by atoms with E-state index in [1.807, 2.05) is 26.0 Å². The first kappa shape index (κ1) is 14.3. The van der Waals surface area contributed by atoms with Gasteiger partial charge in [0.15, 0.2) is 6.61 Å². The van der Waals surface area contributed by atoms with E-state index in [0.717, 1.165) is 5.56 Å². The Labute approximate surface area is 107 Å². The van der Waals surface area contributed by atoms with E-state index in [0.29, 0.717) is 18.0 Å². The highest BCUT2D eigenvalue weighted by Crippen LogP contribution is 2.24. The minimum Gasteiger partial charge on any atom is -0.497 e. The second-order valence-corrected chi connectivity index (χ2v) is 4.19. The molecule has 0 aliphatic rings. The number of carbonyl (C=O) groups excluding carboxylic acids is 1. The van der Waals surface area contributed by atoms with Crippen molar-refractivity contribution >= 4 is 5.91 Å². The third kappa shape index (κ3) is 4.25. The minimum absolute atomic E-state index is 0.0294. The quantitative estimate of drug-likeness (QED) is 0.794. The summed E-state index contributed by atoms with van der Waals surface area (Å²) in [6, 6.07) is 5.46. The van der Waals surface area contributed by atoms with Crippen LogP contribution in [0.3, 0.4) is 0 Å². The number of methoxy groups -OCH3 is 1. The van der Waals surface area contributed by atoms with Gasteiger partial charge < -0.3 is 20.5 Å². The molecule has 3 N–H and O–H groups in total. The lowest BCUT2D eigenvalue weighted by Gasteiger charge is -2.13. The van der Waals surface area contributed by atoms with Gasteiger partial charge >= 0.3 is 0 Å². The van der Waals surface area contributed by atoms with Crippen molar-refractivity contribution in [3.8, 4) is 11.5 Å². The molecule has 0 aliphatic heterocycles. The molecule has 5 heteroatoms. The number of ether oxygens (including phenoxy) is 2. The molecule has 0 fully saturated rings. The lowest BCUT2D eigenvalue weighted by atomic mass is 10.2. The second kappa shape index (κ2) is 6.86. The van der Waals surface area contributed by atoms with E-state index in [-0.39, 0.29) is 18.6 Å². The molecule has 0 heterocycles. The first-order valence-electron chi connectivity index (χ1n) is 5.86.